The predicted octanol–water partition coefficient (Wildman–Crippen LogP) is 2.69. The molecule has 1 aliphatic heterocycles. The third-order valence-corrected chi connectivity index (χ3v) is 2.78. The van der Waals surface area contributed by atoms with Crippen molar-refractivity contribution in [2.24, 2.45) is 0 Å². The molecule has 0 aromatic heterocycles. The summed E-state index contributed by atoms with van der Waals surface area (Å²) < 4.78 is 0. The van der Waals surface area contributed by atoms with Gasteiger partial charge in [-0.25, -0.2) is 0 Å². The molecule has 1 aliphatic carbocycles. The zero-order chi connectivity index (χ0) is 8.67. The first kappa shape index (κ1) is 6.96. The van der Waals surface area contributed by atoms with E-state index >= 15 is 0 Å². The molecule has 0 amide bonds. The van der Waals surface area contributed by atoms with Crippen LogP contribution in [0, 0.1) is 0 Å². The molecule has 1 aromatic carbocycles. The molecule has 3 rings (SSSR count). The number of hydrogen-bond acceptors (Lipinski definition) is 1. The van der Waals surface area contributed by atoms with Gasteiger partial charge in [-0.2, -0.15) is 0 Å². The second kappa shape index (κ2) is 2.49. The molecule has 2 atom stereocenters. The summed E-state index contributed by atoms with van der Waals surface area (Å²) in [7, 11) is 0. The van der Waals surface area contributed by atoms with Crippen molar-refractivity contribution in [1.82, 2.24) is 0 Å². The second-order valence-corrected chi connectivity index (χ2v) is 3.55. The van der Waals surface area contributed by atoms with Crippen LogP contribution in [0.1, 0.15) is 11.5 Å². The molecular weight excluding hydrogens is 158 g/mol. The van der Waals surface area contributed by atoms with Crippen LogP contribution < -0.4 is 5.32 Å². The molecule has 1 heteroatoms. The summed E-state index contributed by atoms with van der Waals surface area (Å²) in [6.45, 7) is 0. The van der Waals surface area contributed by atoms with E-state index in [2.05, 4.69) is 53.9 Å². The highest BCUT2D eigenvalue weighted by molar-refractivity contribution is 5.62. The van der Waals surface area contributed by atoms with Gasteiger partial charge in [-0.05, 0) is 11.6 Å². The van der Waals surface area contributed by atoms with E-state index in [1.807, 2.05) is 0 Å². The SMILES string of the molecule is C1=CC2Nc3ccccc3[C@H]2C=C1. The van der Waals surface area contributed by atoms with Gasteiger partial charge < -0.3 is 5.32 Å². The first-order valence-corrected chi connectivity index (χ1v) is 4.65. The number of rotatable bonds is 0. The van der Waals surface area contributed by atoms with Crippen LogP contribution in [-0.2, 0) is 0 Å². The lowest BCUT2D eigenvalue weighted by Crippen LogP contribution is -2.17. The lowest BCUT2D eigenvalue weighted by Gasteiger charge is -2.15. The van der Waals surface area contributed by atoms with Crippen LogP contribution in [0.5, 0.6) is 0 Å². The first-order valence-electron chi connectivity index (χ1n) is 4.65. The summed E-state index contributed by atoms with van der Waals surface area (Å²) in [5, 5.41) is 3.50. The molecule has 1 heterocycles. The van der Waals surface area contributed by atoms with E-state index in [1.54, 1.807) is 0 Å². The topological polar surface area (TPSA) is 12.0 Å². The van der Waals surface area contributed by atoms with Crippen molar-refractivity contribution >= 4 is 5.69 Å². The quantitative estimate of drug-likeness (QED) is 0.629. The van der Waals surface area contributed by atoms with E-state index < -0.39 is 0 Å². The molecule has 0 fully saturated rings. The van der Waals surface area contributed by atoms with Crippen LogP contribution in [0.15, 0.2) is 48.6 Å². The lowest BCUT2D eigenvalue weighted by atomic mass is 9.92. The Morgan fingerprint density at radius 3 is 2.85 bits per heavy atom. The van der Waals surface area contributed by atoms with Gasteiger partial charge >= 0.3 is 0 Å². The van der Waals surface area contributed by atoms with Crippen molar-refractivity contribution in [3.8, 4) is 0 Å². The average Bonchev–Trinajstić information content (AvgIpc) is 2.56. The Morgan fingerprint density at radius 1 is 1.00 bits per heavy atom. The van der Waals surface area contributed by atoms with E-state index in [1.165, 1.54) is 11.3 Å². The molecule has 0 saturated heterocycles. The van der Waals surface area contributed by atoms with Crippen LogP contribution in [0.2, 0.25) is 0 Å². The largest absolute Gasteiger partial charge is 0.378 e. The van der Waals surface area contributed by atoms with E-state index in [4.69, 9.17) is 0 Å². The molecule has 0 bridgehead atoms. The Labute approximate surface area is 77.8 Å². The molecule has 1 unspecified atom stereocenters. The first-order chi connectivity index (χ1) is 6.45. The van der Waals surface area contributed by atoms with Gasteiger partial charge in [-0.1, -0.05) is 42.5 Å². The average molecular weight is 169 g/mol. The molecule has 13 heavy (non-hydrogen) atoms. The summed E-state index contributed by atoms with van der Waals surface area (Å²) in [5.41, 5.74) is 2.71. The lowest BCUT2D eigenvalue weighted by molar-refractivity contribution is 0.805. The fraction of sp³-hybridized carbons (Fsp3) is 0.167. The van der Waals surface area contributed by atoms with Gasteiger partial charge in [-0.3, -0.25) is 0 Å². The van der Waals surface area contributed by atoms with Crippen LogP contribution in [0.25, 0.3) is 0 Å². The highest BCUT2D eigenvalue weighted by Gasteiger charge is 2.28. The van der Waals surface area contributed by atoms with Gasteiger partial charge in [0.1, 0.15) is 0 Å². The minimum atomic E-state index is 0.474. The Balaban J connectivity index is 2.12. The van der Waals surface area contributed by atoms with Crippen molar-refractivity contribution in [2.75, 3.05) is 5.32 Å². The second-order valence-electron chi connectivity index (χ2n) is 3.55. The fourth-order valence-electron chi connectivity index (χ4n) is 2.14. The Kier molecular flexibility index (Phi) is 1.33. The van der Waals surface area contributed by atoms with Crippen molar-refractivity contribution in [1.29, 1.82) is 0 Å². The number of para-hydroxylation sites is 1. The summed E-state index contributed by atoms with van der Waals surface area (Å²) >= 11 is 0. The molecule has 0 radical (unpaired) electrons. The monoisotopic (exact) mass is 169 g/mol. The van der Waals surface area contributed by atoms with Gasteiger partial charge in [0.2, 0.25) is 0 Å². The molecule has 0 spiro atoms. The number of benzene rings is 1. The third-order valence-electron chi connectivity index (χ3n) is 2.78. The molecule has 1 aromatic rings. The smallest absolute Gasteiger partial charge is 0.0551 e. The summed E-state index contributed by atoms with van der Waals surface area (Å²) in [6, 6.07) is 9.01. The standard InChI is InChI=1S/C12H11N/c1-3-7-11-9(5-1)10-6-2-4-8-12(10)13-11/h1-9,11,13H/t9-,11?/m1/s1. The Hall–Kier alpha value is -1.50. The van der Waals surface area contributed by atoms with E-state index in [9.17, 15) is 0 Å². The minimum absolute atomic E-state index is 0.474. The van der Waals surface area contributed by atoms with Gasteiger partial charge in [0, 0.05) is 11.6 Å². The predicted molar refractivity (Wildman–Crippen MR) is 54.9 cm³/mol. The highest BCUT2D eigenvalue weighted by atomic mass is 15.0. The molecule has 64 valence electrons. The normalized spacial score (nSPS) is 28.0. The molecule has 1 N–H and O–H groups in total. The van der Waals surface area contributed by atoms with Crippen LogP contribution in [0.4, 0.5) is 5.69 Å². The summed E-state index contributed by atoms with van der Waals surface area (Å²) in [5.74, 6) is 0.543. The number of nitrogens with one attached hydrogen (secondary N) is 1. The van der Waals surface area contributed by atoms with Crippen LogP contribution in [-0.4, -0.2) is 6.04 Å². The zero-order valence-electron chi connectivity index (χ0n) is 7.27. The van der Waals surface area contributed by atoms with Gasteiger partial charge in [-0.15, -0.1) is 0 Å². The van der Waals surface area contributed by atoms with Crippen molar-refractivity contribution < 1.29 is 0 Å². The third kappa shape index (κ3) is 0.934. The maximum atomic E-state index is 3.50. The maximum Gasteiger partial charge on any atom is 0.0551 e. The van der Waals surface area contributed by atoms with Crippen molar-refractivity contribution in [2.45, 2.75) is 12.0 Å². The maximum absolute atomic E-state index is 3.50. The number of allylic oxidation sites excluding steroid dienone is 2. The molecule has 2 aliphatic rings. The Bertz CT molecular complexity index is 390. The number of hydrogen-bond donors (Lipinski definition) is 1. The fourth-order valence-corrected chi connectivity index (χ4v) is 2.14. The Morgan fingerprint density at radius 2 is 1.85 bits per heavy atom. The molecule has 0 saturated carbocycles. The van der Waals surface area contributed by atoms with Gasteiger partial charge in [0.05, 0.1) is 6.04 Å². The van der Waals surface area contributed by atoms with Gasteiger partial charge in [0.25, 0.3) is 0 Å². The summed E-state index contributed by atoms with van der Waals surface area (Å²) in [6.07, 6.45) is 8.74. The van der Waals surface area contributed by atoms with E-state index in [0.29, 0.717) is 12.0 Å². The zero-order valence-corrected chi connectivity index (χ0v) is 7.27. The molecular formula is C12H11N. The summed E-state index contributed by atoms with van der Waals surface area (Å²) in [4.78, 5) is 0. The number of fused-ring (bicyclic) bond motifs is 3. The minimum Gasteiger partial charge on any atom is -0.378 e. The van der Waals surface area contributed by atoms with E-state index in [-0.39, 0.29) is 0 Å². The van der Waals surface area contributed by atoms with Crippen molar-refractivity contribution in [3.05, 3.63) is 54.1 Å². The highest BCUT2D eigenvalue weighted by Crippen LogP contribution is 2.38. The van der Waals surface area contributed by atoms with Gasteiger partial charge in [0.15, 0.2) is 0 Å². The van der Waals surface area contributed by atoms with Crippen LogP contribution in [0.3, 0.4) is 0 Å². The number of anilines is 1. The van der Waals surface area contributed by atoms with Crippen LogP contribution >= 0.6 is 0 Å². The molecule has 1 nitrogen and oxygen atoms in total. The van der Waals surface area contributed by atoms with E-state index in [0.717, 1.165) is 0 Å². The van der Waals surface area contributed by atoms with Crippen molar-refractivity contribution in [3.63, 3.8) is 0 Å².